The molecule has 0 aromatic heterocycles. The highest BCUT2D eigenvalue weighted by Crippen LogP contribution is 2.42. The normalized spacial score (nSPS) is 21.6. The Bertz CT molecular complexity index is 1130. The number of halogens is 1. The molecule has 3 amide bonds. The van der Waals surface area contributed by atoms with E-state index in [1.165, 1.54) is 17.1 Å². The summed E-state index contributed by atoms with van der Waals surface area (Å²) in [5, 5.41) is 6.28. The fourth-order valence-electron chi connectivity index (χ4n) is 5.04. The van der Waals surface area contributed by atoms with E-state index >= 15 is 0 Å². The first kappa shape index (κ1) is 23.3. The zero-order valence-corrected chi connectivity index (χ0v) is 20.1. The third kappa shape index (κ3) is 4.60. The maximum atomic E-state index is 14.1. The molecule has 9 heteroatoms. The molecule has 184 valence electrons. The fraction of sp³-hybridized carbons (Fsp3) is 0.423. The molecule has 3 aliphatic rings. The van der Waals surface area contributed by atoms with Crippen molar-refractivity contribution in [3.05, 3.63) is 65.5 Å². The average molecular weight is 480 g/mol. The lowest BCUT2D eigenvalue weighted by molar-refractivity contribution is -0.130. The highest BCUT2D eigenvalue weighted by Gasteiger charge is 2.45. The van der Waals surface area contributed by atoms with Crippen molar-refractivity contribution in [2.75, 3.05) is 52.9 Å². The Balaban J connectivity index is 1.34. The topological polar surface area (TPSA) is 68.7 Å². The van der Waals surface area contributed by atoms with Crippen LogP contribution >= 0.6 is 0 Å². The highest BCUT2D eigenvalue weighted by molar-refractivity contribution is 6.07. The fourth-order valence-corrected chi connectivity index (χ4v) is 5.04. The first-order valence-electron chi connectivity index (χ1n) is 12.0. The predicted octanol–water partition coefficient (Wildman–Crippen LogP) is 2.81. The molecule has 8 nitrogen and oxygen atoms in total. The second-order valence-electron chi connectivity index (χ2n) is 9.30. The molecule has 3 heterocycles. The molecule has 0 spiro atoms. The number of hydrogen-bond donors (Lipinski definition) is 0. The molecule has 0 saturated carbocycles. The Morgan fingerprint density at radius 3 is 2.57 bits per heavy atom. The number of urea groups is 1. The molecule has 2 aromatic rings. The summed E-state index contributed by atoms with van der Waals surface area (Å²) in [5.74, 6) is 0.131. The summed E-state index contributed by atoms with van der Waals surface area (Å²) < 4.78 is 20.0. The van der Waals surface area contributed by atoms with Gasteiger partial charge in [-0.1, -0.05) is 30.3 Å². The lowest BCUT2D eigenvalue weighted by Crippen LogP contribution is -2.50. The van der Waals surface area contributed by atoms with Crippen LogP contribution in [0.25, 0.3) is 0 Å². The number of nitrogens with zero attached hydrogens (tertiary/aromatic N) is 5. The molecule has 1 fully saturated rings. The van der Waals surface area contributed by atoms with Crippen LogP contribution in [-0.4, -0.2) is 90.3 Å². The molecular weight excluding hydrogens is 449 g/mol. The van der Waals surface area contributed by atoms with Gasteiger partial charge in [0.2, 0.25) is 5.91 Å². The van der Waals surface area contributed by atoms with Gasteiger partial charge < -0.3 is 14.5 Å². The van der Waals surface area contributed by atoms with Crippen molar-refractivity contribution >= 4 is 17.6 Å². The molecule has 2 aromatic carbocycles. The second-order valence-corrected chi connectivity index (χ2v) is 9.30. The van der Waals surface area contributed by atoms with E-state index in [1.807, 2.05) is 35.2 Å². The number of benzene rings is 2. The van der Waals surface area contributed by atoms with Gasteiger partial charge in [0.1, 0.15) is 11.6 Å². The molecule has 0 unspecified atom stereocenters. The molecule has 0 N–H and O–H groups in total. The highest BCUT2D eigenvalue weighted by atomic mass is 19.1. The van der Waals surface area contributed by atoms with Crippen LogP contribution < -0.4 is 4.74 Å². The standard InChI is InChI=1S/C26H30FN5O3/c1-18(33)31-14-12-30(13-15-31)11-10-29(2)26(34)32-25(19-6-4-3-5-7-19)22-17-35-23-9-8-20(27)16-21(23)24(22)28-32/h3-9,16,22,25H,10-15,17H2,1-2H3/t22-,25-/m1/s1. The minimum Gasteiger partial charge on any atom is -0.492 e. The van der Waals surface area contributed by atoms with Crippen LogP contribution in [0.3, 0.4) is 0 Å². The van der Waals surface area contributed by atoms with Gasteiger partial charge in [-0.25, -0.2) is 14.2 Å². The number of amides is 3. The van der Waals surface area contributed by atoms with E-state index in [0.717, 1.165) is 25.2 Å². The summed E-state index contributed by atoms with van der Waals surface area (Å²) in [6, 6.07) is 13.7. The largest absolute Gasteiger partial charge is 0.492 e. The van der Waals surface area contributed by atoms with Crippen molar-refractivity contribution in [3.8, 4) is 5.75 Å². The van der Waals surface area contributed by atoms with E-state index in [9.17, 15) is 14.0 Å². The molecule has 2 atom stereocenters. The predicted molar refractivity (Wildman–Crippen MR) is 130 cm³/mol. The van der Waals surface area contributed by atoms with Gasteiger partial charge in [0, 0.05) is 58.8 Å². The van der Waals surface area contributed by atoms with Crippen molar-refractivity contribution in [2.24, 2.45) is 11.0 Å². The first-order chi connectivity index (χ1) is 16.9. The number of ether oxygens (including phenoxy) is 1. The first-order valence-corrected chi connectivity index (χ1v) is 12.0. The van der Waals surface area contributed by atoms with Gasteiger partial charge >= 0.3 is 6.03 Å². The summed E-state index contributed by atoms with van der Waals surface area (Å²) in [4.78, 5) is 31.0. The number of carbonyl (C=O) groups excluding carboxylic acids is 2. The van der Waals surface area contributed by atoms with Gasteiger partial charge in [0.05, 0.1) is 24.3 Å². The maximum Gasteiger partial charge on any atom is 0.340 e. The third-order valence-corrected chi connectivity index (χ3v) is 7.08. The number of hydrazone groups is 1. The van der Waals surface area contributed by atoms with Crippen molar-refractivity contribution < 1.29 is 18.7 Å². The van der Waals surface area contributed by atoms with Crippen molar-refractivity contribution in [1.82, 2.24) is 19.7 Å². The molecule has 0 bridgehead atoms. The number of fused-ring (bicyclic) bond motifs is 3. The van der Waals surface area contributed by atoms with Gasteiger partial charge in [-0.05, 0) is 23.8 Å². The SMILES string of the molecule is CC(=O)N1CCN(CCN(C)C(=O)N2N=C3c4cc(F)ccc4OC[C@H]3[C@H]2c2ccccc2)CC1. The minimum atomic E-state index is -0.362. The van der Waals surface area contributed by atoms with E-state index in [-0.39, 0.29) is 29.7 Å². The molecule has 0 radical (unpaired) electrons. The Labute approximate surface area is 204 Å². The average Bonchev–Trinajstić information content (AvgIpc) is 3.27. The quantitative estimate of drug-likeness (QED) is 0.677. The zero-order chi connectivity index (χ0) is 24.5. The summed E-state index contributed by atoms with van der Waals surface area (Å²) in [6.45, 7) is 6.22. The van der Waals surface area contributed by atoms with Crippen molar-refractivity contribution in [2.45, 2.75) is 13.0 Å². The van der Waals surface area contributed by atoms with Crippen LogP contribution in [0, 0.1) is 11.7 Å². The zero-order valence-electron chi connectivity index (χ0n) is 20.1. The van der Waals surface area contributed by atoms with E-state index < -0.39 is 0 Å². The van der Waals surface area contributed by atoms with Gasteiger partial charge in [-0.3, -0.25) is 9.69 Å². The summed E-state index contributed by atoms with van der Waals surface area (Å²) in [6.07, 6.45) is 0. The van der Waals surface area contributed by atoms with Crippen LogP contribution in [0.5, 0.6) is 5.75 Å². The van der Waals surface area contributed by atoms with E-state index in [1.54, 1.807) is 24.9 Å². The molecule has 35 heavy (non-hydrogen) atoms. The van der Waals surface area contributed by atoms with Gasteiger partial charge in [-0.2, -0.15) is 5.10 Å². The van der Waals surface area contributed by atoms with Gasteiger partial charge in [-0.15, -0.1) is 0 Å². The number of piperazine rings is 1. The maximum absolute atomic E-state index is 14.1. The lowest BCUT2D eigenvalue weighted by atomic mass is 9.86. The molecule has 5 rings (SSSR count). The minimum absolute atomic E-state index is 0.101. The van der Waals surface area contributed by atoms with Gasteiger partial charge in [0.25, 0.3) is 0 Å². The second kappa shape index (κ2) is 9.65. The lowest BCUT2D eigenvalue weighted by Gasteiger charge is -2.35. The van der Waals surface area contributed by atoms with Crippen molar-refractivity contribution in [3.63, 3.8) is 0 Å². The monoisotopic (exact) mass is 479 g/mol. The Hall–Kier alpha value is -3.46. The Morgan fingerprint density at radius 2 is 1.86 bits per heavy atom. The van der Waals surface area contributed by atoms with E-state index in [0.29, 0.717) is 43.3 Å². The molecule has 3 aliphatic heterocycles. The smallest absolute Gasteiger partial charge is 0.340 e. The number of hydrogen-bond acceptors (Lipinski definition) is 5. The Kier molecular flexibility index (Phi) is 6.42. The van der Waals surface area contributed by atoms with Crippen molar-refractivity contribution in [1.29, 1.82) is 0 Å². The van der Waals surface area contributed by atoms with Crippen LogP contribution in [0.4, 0.5) is 9.18 Å². The molecule has 1 saturated heterocycles. The number of carbonyl (C=O) groups is 2. The van der Waals surface area contributed by atoms with E-state index in [4.69, 9.17) is 9.84 Å². The van der Waals surface area contributed by atoms with Crippen LogP contribution in [0.1, 0.15) is 24.1 Å². The summed E-state index contributed by atoms with van der Waals surface area (Å²) in [7, 11) is 1.78. The molecular formula is C26H30FN5O3. The van der Waals surface area contributed by atoms with Crippen LogP contribution in [-0.2, 0) is 4.79 Å². The number of likely N-dealkylation sites (N-methyl/N-ethyl adjacent to an activating group) is 1. The molecule has 0 aliphatic carbocycles. The van der Waals surface area contributed by atoms with Crippen LogP contribution in [0.15, 0.2) is 53.6 Å². The van der Waals surface area contributed by atoms with E-state index in [2.05, 4.69) is 4.90 Å². The van der Waals surface area contributed by atoms with Gasteiger partial charge in [0.15, 0.2) is 0 Å². The van der Waals surface area contributed by atoms with Crippen LogP contribution in [0.2, 0.25) is 0 Å². The summed E-state index contributed by atoms with van der Waals surface area (Å²) in [5.41, 5.74) is 2.24. The number of rotatable bonds is 4. The Morgan fingerprint density at radius 1 is 1.11 bits per heavy atom. The third-order valence-electron chi connectivity index (χ3n) is 7.08. The summed E-state index contributed by atoms with van der Waals surface area (Å²) >= 11 is 0.